The summed E-state index contributed by atoms with van der Waals surface area (Å²) in [5, 5.41) is 3.32. The molecule has 0 N–H and O–H groups in total. The summed E-state index contributed by atoms with van der Waals surface area (Å²) in [7, 11) is 1.57. The Bertz CT molecular complexity index is 962. The van der Waals surface area contributed by atoms with Crippen molar-refractivity contribution in [2.24, 2.45) is 0 Å². The third-order valence-electron chi connectivity index (χ3n) is 4.33. The van der Waals surface area contributed by atoms with Crippen molar-refractivity contribution < 1.29 is 14.3 Å². The molecule has 0 unspecified atom stereocenters. The zero-order chi connectivity index (χ0) is 18.3. The number of hydrogen-bond donors (Lipinski definition) is 0. The van der Waals surface area contributed by atoms with Gasteiger partial charge in [0.15, 0.2) is 11.6 Å². The van der Waals surface area contributed by atoms with E-state index in [0.29, 0.717) is 21.4 Å². The van der Waals surface area contributed by atoms with Gasteiger partial charge in [-0.25, -0.2) is 0 Å². The minimum absolute atomic E-state index is 0.159. The molecule has 4 nitrogen and oxygen atoms in total. The number of carbonyl (C=O) groups excluding carboxylic acids is 2. The van der Waals surface area contributed by atoms with Crippen LogP contribution in [-0.2, 0) is 4.79 Å². The number of halogens is 1. The minimum Gasteiger partial charge on any atom is -0.497 e. The molecular weight excluding hydrogens is 370 g/mol. The number of thioether (sulfide) groups is 1. The number of carbonyl (C=O) groups is 2. The maximum absolute atomic E-state index is 12.9. The van der Waals surface area contributed by atoms with E-state index in [9.17, 15) is 9.59 Å². The summed E-state index contributed by atoms with van der Waals surface area (Å²) < 4.78 is 5.12. The minimum atomic E-state index is -0.256. The smallest absolute Gasteiger partial charge is 0.199 e. The zero-order valence-electron chi connectivity index (χ0n) is 13.9. The Morgan fingerprint density at radius 1 is 1.12 bits per heavy atom. The van der Waals surface area contributed by atoms with E-state index < -0.39 is 0 Å². The summed E-state index contributed by atoms with van der Waals surface area (Å²) in [5.74, 6) is 0.252. The topological polar surface area (TPSA) is 46.6 Å². The molecule has 2 aliphatic rings. The van der Waals surface area contributed by atoms with Gasteiger partial charge in [0.1, 0.15) is 5.75 Å². The molecule has 6 heteroatoms. The van der Waals surface area contributed by atoms with Crippen LogP contribution in [0.4, 0.5) is 0 Å². The van der Waals surface area contributed by atoms with Crippen LogP contribution in [-0.4, -0.2) is 30.1 Å². The van der Waals surface area contributed by atoms with Gasteiger partial charge in [-0.15, -0.1) is 0 Å². The molecule has 2 aromatic carbocycles. The van der Waals surface area contributed by atoms with Crippen LogP contribution < -0.4 is 4.74 Å². The lowest BCUT2D eigenvalue weighted by Gasteiger charge is -2.17. The zero-order valence-corrected chi connectivity index (χ0v) is 15.4. The highest BCUT2D eigenvalue weighted by atomic mass is 35.5. The van der Waals surface area contributed by atoms with E-state index in [1.165, 1.54) is 11.8 Å². The fraction of sp³-hybridized carbons (Fsp3) is 0.100. The van der Waals surface area contributed by atoms with Crippen LogP contribution in [0.15, 0.2) is 64.5 Å². The maximum atomic E-state index is 12.9. The molecule has 0 amide bonds. The average Bonchev–Trinajstić information content (AvgIpc) is 3.20. The van der Waals surface area contributed by atoms with Crippen molar-refractivity contribution in [3.63, 3.8) is 0 Å². The number of fused-ring (bicyclic) bond motifs is 1. The van der Waals surface area contributed by atoms with Gasteiger partial charge in [-0.3, -0.25) is 9.59 Å². The molecule has 2 aromatic rings. The fourth-order valence-electron chi connectivity index (χ4n) is 3.00. The average molecular weight is 384 g/mol. The Balaban J connectivity index is 1.66. The van der Waals surface area contributed by atoms with Crippen LogP contribution in [0.5, 0.6) is 5.75 Å². The van der Waals surface area contributed by atoms with Crippen molar-refractivity contribution in [2.45, 2.75) is 0 Å². The molecule has 0 bridgehead atoms. The highest BCUT2D eigenvalue weighted by Crippen LogP contribution is 2.45. The quantitative estimate of drug-likeness (QED) is 0.579. The van der Waals surface area contributed by atoms with E-state index in [1.54, 1.807) is 31.4 Å². The molecule has 0 atom stereocenters. The van der Waals surface area contributed by atoms with Gasteiger partial charge in [0.25, 0.3) is 0 Å². The summed E-state index contributed by atoms with van der Waals surface area (Å²) in [6.45, 7) is 0.175. The first kappa shape index (κ1) is 16.9. The highest BCUT2D eigenvalue weighted by molar-refractivity contribution is 8.06. The molecular formula is C20H14ClNO3S. The van der Waals surface area contributed by atoms with Crippen molar-refractivity contribution in [3.8, 4) is 5.75 Å². The van der Waals surface area contributed by atoms with Gasteiger partial charge < -0.3 is 9.64 Å². The molecule has 4 rings (SSSR count). The van der Waals surface area contributed by atoms with Crippen LogP contribution in [0, 0.1) is 0 Å². The molecule has 0 aromatic heterocycles. The standard InChI is InChI=1S/C20H14ClNO3S/c1-25-15-8-4-13(5-9-15)19(24)18-17(23)10-22-16(11-26-20(18)22)12-2-6-14(21)7-3-12/h2-9,11H,10H2,1H3. The number of hydrogen-bond acceptors (Lipinski definition) is 5. The molecule has 26 heavy (non-hydrogen) atoms. The second kappa shape index (κ2) is 6.67. The molecule has 2 aliphatic heterocycles. The summed E-state index contributed by atoms with van der Waals surface area (Å²) >= 11 is 7.36. The monoisotopic (exact) mass is 383 g/mol. The van der Waals surface area contributed by atoms with Crippen molar-refractivity contribution in [2.75, 3.05) is 13.7 Å². The molecule has 0 radical (unpaired) electrons. The number of methoxy groups -OCH3 is 1. The molecule has 0 saturated heterocycles. The van der Waals surface area contributed by atoms with Crippen LogP contribution in [0.1, 0.15) is 15.9 Å². The van der Waals surface area contributed by atoms with Gasteiger partial charge in [-0.2, -0.15) is 0 Å². The van der Waals surface area contributed by atoms with E-state index in [0.717, 1.165) is 11.3 Å². The van der Waals surface area contributed by atoms with Gasteiger partial charge in [0.05, 0.1) is 30.0 Å². The largest absolute Gasteiger partial charge is 0.497 e. The summed E-state index contributed by atoms with van der Waals surface area (Å²) in [5.41, 5.74) is 2.60. The molecule has 130 valence electrons. The first-order chi connectivity index (χ1) is 12.6. The van der Waals surface area contributed by atoms with Crippen LogP contribution in [0.2, 0.25) is 5.02 Å². The van der Waals surface area contributed by atoms with E-state index in [2.05, 4.69) is 0 Å². The molecule has 0 fully saturated rings. The van der Waals surface area contributed by atoms with Crippen LogP contribution >= 0.6 is 23.4 Å². The van der Waals surface area contributed by atoms with Crippen molar-refractivity contribution in [1.82, 2.24) is 4.90 Å². The molecule has 0 saturated carbocycles. The Labute approximate surface area is 160 Å². The number of nitrogens with zero attached hydrogens (tertiary/aromatic N) is 1. The van der Waals surface area contributed by atoms with Crippen LogP contribution in [0.25, 0.3) is 5.70 Å². The Morgan fingerprint density at radius 3 is 2.46 bits per heavy atom. The Kier molecular flexibility index (Phi) is 4.34. The summed E-state index contributed by atoms with van der Waals surface area (Å²) in [6.07, 6.45) is 0. The van der Waals surface area contributed by atoms with E-state index in [4.69, 9.17) is 16.3 Å². The third kappa shape index (κ3) is 2.83. The van der Waals surface area contributed by atoms with Crippen LogP contribution in [0.3, 0.4) is 0 Å². The number of Topliss-reactive ketones (excluding diaryl/α,β-unsaturated/α-hetero) is 2. The number of benzene rings is 2. The Morgan fingerprint density at radius 2 is 1.81 bits per heavy atom. The van der Waals surface area contributed by atoms with Crippen molar-refractivity contribution in [1.29, 1.82) is 0 Å². The van der Waals surface area contributed by atoms with Gasteiger partial charge in [-0.05, 0) is 42.0 Å². The predicted molar refractivity (Wildman–Crippen MR) is 103 cm³/mol. The van der Waals surface area contributed by atoms with Gasteiger partial charge in [0.2, 0.25) is 0 Å². The van der Waals surface area contributed by atoms with E-state index >= 15 is 0 Å². The Hall–Kier alpha value is -2.50. The van der Waals surface area contributed by atoms with E-state index in [1.807, 2.05) is 34.6 Å². The number of ether oxygens (including phenoxy) is 1. The lowest BCUT2D eigenvalue weighted by molar-refractivity contribution is -0.114. The number of rotatable bonds is 4. The second-order valence-corrected chi connectivity index (χ2v) is 7.17. The SMILES string of the molecule is COc1ccc(C(=O)C2=C3SC=C(c4ccc(Cl)cc4)N3CC2=O)cc1. The third-order valence-corrected chi connectivity index (χ3v) is 5.57. The number of ketones is 2. The van der Waals surface area contributed by atoms with Gasteiger partial charge >= 0.3 is 0 Å². The van der Waals surface area contributed by atoms with Crippen molar-refractivity contribution in [3.05, 3.63) is 80.7 Å². The normalized spacial score (nSPS) is 16.0. The lowest BCUT2D eigenvalue weighted by atomic mass is 10.0. The predicted octanol–water partition coefficient (Wildman–Crippen LogP) is 4.37. The first-order valence-corrected chi connectivity index (χ1v) is 9.21. The summed E-state index contributed by atoms with van der Waals surface area (Å²) in [6, 6.07) is 14.2. The maximum Gasteiger partial charge on any atom is 0.199 e. The molecule has 0 aliphatic carbocycles. The fourth-order valence-corrected chi connectivity index (χ4v) is 4.22. The molecule has 2 heterocycles. The van der Waals surface area contributed by atoms with Gasteiger partial charge in [-0.1, -0.05) is 35.5 Å². The highest BCUT2D eigenvalue weighted by Gasteiger charge is 2.39. The van der Waals surface area contributed by atoms with E-state index in [-0.39, 0.29) is 23.7 Å². The molecule has 0 spiro atoms. The summed E-state index contributed by atoms with van der Waals surface area (Å²) in [4.78, 5) is 27.3. The first-order valence-electron chi connectivity index (χ1n) is 7.95. The van der Waals surface area contributed by atoms with Gasteiger partial charge in [0, 0.05) is 16.0 Å². The second-order valence-electron chi connectivity index (χ2n) is 5.87. The lowest BCUT2D eigenvalue weighted by Crippen LogP contribution is -2.17. The van der Waals surface area contributed by atoms with Crippen molar-refractivity contribution >= 4 is 40.6 Å².